The second-order valence-corrected chi connectivity index (χ2v) is 4.96. The number of ketones is 2. The van der Waals surface area contributed by atoms with Crippen molar-refractivity contribution in [3.05, 3.63) is 58.1 Å². The molecule has 0 bridgehead atoms. The molecule has 2 aromatic carbocycles. The number of carbonyl (C=O) groups is 2. The summed E-state index contributed by atoms with van der Waals surface area (Å²) in [6.45, 7) is 1.89. The maximum Gasteiger partial charge on any atom is 0.198 e. The minimum absolute atomic E-state index is 0.180. The van der Waals surface area contributed by atoms with E-state index in [-0.39, 0.29) is 11.6 Å². The van der Waals surface area contributed by atoms with Crippen molar-refractivity contribution in [2.45, 2.75) is 6.92 Å². The first kappa shape index (κ1) is 13.4. The maximum atomic E-state index is 12.7. The molecule has 0 unspecified atom stereocenters. The monoisotopic (exact) mass is 282 g/mol. The van der Waals surface area contributed by atoms with Crippen LogP contribution >= 0.6 is 0 Å². The van der Waals surface area contributed by atoms with Crippen molar-refractivity contribution in [2.24, 2.45) is 0 Å². The van der Waals surface area contributed by atoms with E-state index in [1.54, 1.807) is 24.3 Å². The largest absolute Gasteiger partial charge is 0.497 e. The number of carbonyl (C=O) groups excluding carboxylic acids is 2. The zero-order valence-electron chi connectivity index (χ0n) is 12.0. The van der Waals surface area contributed by atoms with E-state index in [1.165, 1.54) is 14.2 Å². The summed E-state index contributed by atoms with van der Waals surface area (Å²) in [5.41, 5.74) is 2.42. The fourth-order valence-corrected chi connectivity index (χ4v) is 2.61. The van der Waals surface area contributed by atoms with E-state index in [1.807, 2.05) is 13.0 Å². The van der Waals surface area contributed by atoms with Crippen LogP contribution in [0.25, 0.3) is 0 Å². The van der Waals surface area contributed by atoms with Gasteiger partial charge in [-0.2, -0.15) is 0 Å². The van der Waals surface area contributed by atoms with Crippen LogP contribution in [0.15, 0.2) is 30.3 Å². The predicted molar refractivity (Wildman–Crippen MR) is 77.6 cm³/mol. The topological polar surface area (TPSA) is 52.6 Å². The van der Waals surface area contributed by atoms with Gasteiger partial charge in [-0.3, -0.25) is 9.59 Å². The molecule has 4 nitrogen and oxygen atoms in total. The van der Waals surface area contributed by atoms with Crippen LogP contribution in [0.1, 0.15) is 37.4 Å². The van der Waals surface area contributed by atoms with Crippen molar-refractivity contribution in [1.82, 2.24) is 0 Å². The lowest BCUT2D eigenvalue weighted by Crippen LogP contribution is -2.22. The van der Waals surface area contributed by atoms with Crippen molar-refractivity contribution in [3.63, 3.8) is 0 Å². The molecule has 0 radical (unpaired) electrons. The van der Waals surface area contributed by atoms with Crippen LogP contribution in [0.5, 0.6) is 11.5 Å². The van der Waals surface area contributed by atoms with Crippen molar-refractivity contribution >= 4 is 11.6 Å². The Kier molecular flexibility index (Phi) is 3.01. The van der Waals surface area contributed by atoms with Crippen LogP contribution in [0, 0.1) is 6.92 Å². The molecule has 1 aliphatic carbocycles. The Morgan fingerprint density at radius 3 is 2.24 bits per heavy atom. The molecule has 0 aliphatic heterocycles. The molecule has 1 aliphatic rings. The summed E-state index contributed by atoms with van der Waals surface area (Å²) in [5.74, 6) is 0.469. The van der Waals surface area contributed by atoms with E-state index in [2.05, 4.69) is 0 Å². The second kappa shape index (κ2) is 4.74. The molecule has 0 saturated carbocycles. The van der Waals surface area contributed by atoms with Gasteiger partial charge in [-0.05, 0) is 19.1 Å². The molecule has 0 amide bonds. The molecule has 0 saturated heterocycles. The van der Waals surface area contributed by atoms with E-state index in [0.29, 0.717) is 33.8 Å². The molecule has 3 rings (SSSR count). The number of fused-ring (bicyclic) bond motifs is 2. The predicted octanol–water partition coefficient (Wildman–Crippen LogP) is 2.79. The van der Waals surface area contributed by atoms with Crippen LogP contribution < -0.4 is 9.47 Å². The van der Waals surface area contributed by atoms with Crippen LogP contribution in [-0.4, -0.2) is 25.8 Å². The summed E-state index contributed by atoms with van der Waals surface area (Å²) in [7, 11) is 2.98. The Balaban J connectivity index is 2.32. The zero-order valence-corrected chi connectivity index (χ0v) is 12.0. The third kappa shape index (κ3) is 1.91. The number of benzene rings is 2. The fourth-order valence-electron chi connectivity index (χ4n) is 2.61. The minimum Gasteiger partial charge on any atom is -0.497 e. The number of hydrogen-bond donors (Lipinski definition) is 0. The lowest BCUT2D eigenvalue weighted by atomic mass is 9.83. The van der Waals surface area contributed by atoms with Gasteiger partial charge in [0.25, 0.3) is 0 Å². The molecule has 0 atom stereocenters. The highest BCUT2D eigenvalue weighted by atomic mass is 16.5. The smallest absolute Gasteiger partial charge is 0.198 e. The van der Waals surface area contributed by atoms with Gasteiger partial charge in [0, 0.05) is 22.8 Å². The van der Waals surface area contributed by atoms with Gasteiger partial charge in [-0.15, -0.1) is 0 Å². The molecule has 21 heavy (non-hydrogen) atoms. The van der Waals surface area contributed by atoms with Crippen molar-refractivity contribution < 1.29 is 19.1 Å². The molecule has 0 heterocycles. The van der Waals surface area contributed by atoms with Gasteiger partial charge in [-0.25, -0.2) is 0 Å². The first-order valence-corrected chi connectivity index (χ1v) is 6.53. The molecule has 4 heteroatoms. The van der Waals surface area contributed by atoms with Crippen molar-refractivity contribution in [2.75, 3.05) is 14.2 Å². The van der Waals surface area contributed by atoms with Gasteiger partial charge in [0.15, 0.2) is 11.6 Å². The van der Waals surface area contributed by atoms with E-state index < -0.39 is 0 Å². The quantitative estimate of drug-likeness (QED) is 0.725. The summed E-state index contributed by atoms with van der Waals surface area (Å²) in [5, 5.41) is 0. The van der Waals surface area contributed by atoms with Gasteiger partial charge in [0.1, 0.15) is 11.5 Å². The Hall–Kier alpha value is -2.62. The standard InChI is InChI=1S/C17H14O4/c1-9-4-5-11-12(6-9)16(18)13-7-10(20-2)8-14(21-3)15(13)17(11)19/h4-8H,1-3H3. The number of rotatable bonds is 2. The van der Waals surface area contributed by atoms with Gasteiger partial charge in [0.2, 0.25) is 0 Å². The summed E-state index contributed by atoms with van der Waals surface area (Å²) < 4.78 is 10.4. The maximum absolute atomic E-state index is 12.7. The average molecular weight is 282 g/mol. The molecule has 0 spiro atoms. The highest BCUT2D eigenvalue weighted by Crippen LogP contribution is 2.36. The van der Waals surface area contributed by atoms with E-state index >= 15 is 0 Å². The molecular formula is C17H14O4. The highest BCUT2D eigenvalue weighted by Gasteiger charge is 2.33. The number of ether oxygens (including phenoxy) is 2. The summed E-state index contributed by atoms with van der Waals surface area (Å²) >= 11 is 0. The minimum atomic E-state index is -0.195. The van der Waals surface area contributed by atoms with Crippen LogP contribution in [-0.2, 0) is 0 Å². The van der Waals surface area contributed by atoms with Crippen molar-refractivity contribution in [1.29, 1.82) is 0 Å². The van der Waals surface area contributed by atoms with Gasteiger partial charge in [-0.1, -0.05) is 17.7 Å². The molecular weight excluding hydrogens is 268 g/mol. The van der Waals surface area contributed by atoms with Gasteiger partial charge in [0.05, 0.1) is 19.8 Å². The molecule has 106 valence electrons. The van der Waals surface area contributed by atoms with E-state index in [9.17, 15) is 9.59 Å². The third-order valence-corrected chi connectivity index (χ3v) is 3.67. The van der Waals surface area contributed by atoms with E-state index in [0.717, 1.165) is 5.56 Å². The SMILES string of the molecule is COc1cc(OC)c2c(c1)C(=O)c1cc(C)ccc1C2=O. The number of methoxy groups -OCH3 is 2. The van der Waals surface area contributed by atoms with Crippen LogP contribution in [0.4, 0.5) is 0 Å². The molecule has 2 aromatic rings. The van der Waals surface area contributed by atoms with E-state index in [4.69, 9.17) is 9.47 Å². The Morgan fingerprint density at radius 2 is 1.57 bits per heavy atom. The molecule has 0 N–H and O–H groups in total. The number of aryl methyl sites for hydroxylation is 1. The Bertz CT molecular complexity index is 775. The second-order valence-electron chi connectivity index (χ2n) is 4.96. The first-order valence-electron chi connectivity index (χ1n) is 6.53. The first-order chi connectivity index (χ1) is 10.1. The van der Waals surface area contributed by atoms with Crippen molar-refractivity contribution in [3.8, 4) is 11.5 Å². The fraction of sp³-hybridized carbons (Fsp3) is 0.176. The molecule has 0 aromatic heterocycles. The Labute approximate surface area is 122 Å². The third-order valence-electron chi connectivity index (χ3n) is 3.67. The van der Waals surface area contributed by atoms with Crippen LogP contribution in [0.3, 0.4) is 0 Å². The summed E-state index contributed by atoms with van der Waals surface area (Å²) in [6, 6.07) is 8.46. The van der Waals surface area contributed by atoms with Crippen LogP contribution in [0.2, 0.25) is 0 Å². The average Bonchev–Trinajstić information content (AvgIpc) is 2.51. The zero-order chi connectivity index (χ0) is 15.1. The lowest BCUT2D eigenvalue weighted by Gasteiger charge is -2.20. The summed E-state index contributed by atoms with van der Waals surface area (Å²) in [4.78, 5) is 25.3. The Morgan fingerprint density at radius 1 is 0.810 bits per heavy atom. The highest BCUT2D eigenvalue weighted by molar-refractivity contribution is 6.29. The summed E-state index contributed by atoms with van der Waals surface area (Å²) in [6.07, 6.45) is 0. The number of hydrogen-bond acceptors (Lipinski definition) is 4. The molecule has 0 fully saturated rings. The van der Waals surface area contributed by atoms with Gasteiger partial charge >= 0.3 is 0 Å². The lowest BCUT2D eigenvalue weighted by molar-refractivity contribution is 0.0976. The van der Waals surface area contributed by atoms with Gasteiger partial charge < -0.3 is 9.47 Å². The normalized spacial score (nSPS) is 12.7.